The van der Waals surface area contributed by atoms with Crippen LogP contribution in [0.4, 0.5) is 17.1 Å². The molecule has 75 heavy (non-hydrogen) atoms. The first-order valence-corrected chi connectivity index (χ1v) is 25.9. The molecule has 2 spiro atoms. The van der Waals surface area contributed by atoms with Crippen molar-refractivity contribution in [3.05, 3.63) is 317 Å². The van der Waals surface area contributed by atoms with Crippen LogP contribution in [0.1, 0.15) is 44.5 Å². The number of nitrogens with zero attached hydrogens (tertiary/aromatic N) is 1. The van der Waals surface area contributed by atoms with Gasteiger partial charge >= 0.3 is 0 Å². The average molecular weight is 956 g/mol. The number of hydrogen-bond donors (Lipinski definition) is 0. The van der Waals surface area contributed by atoms with Gasteiger partial charge in [-0.2, -0.15) is 0 Å². The predicted octanol–water partition coefficient (Wildman–Crippen LogP) is 18.6. The second-order valence-electron chi connectivity index (χ2n) is 20.2. The summed E-state index contributed by atoms with van der Waals surface area (Å²) in [5.74, 6) is 3.50. The van der Waals surface area contributed by atoms with Gasteiger partial charge in [-0.1, -0.05) is 206 Å². The highest BCUT2D eigenvalue weighted by molar-refractivity contribution is 6.03. The van der Waals surface area contributed by atoms with E-state index in [2.05, 4.69) is 278 Å². The predicted molar refractivity (Wildman–Crippen MR) is 304 cm³/mol. The molecule has 350 valence electrons. The van der Waals surface area contributed by atoms with E-state index in [1.807, 2.05) is 0 Å². The summed E-state index contributed by atoms with van der Waals surface area (Å²) >= 11 is 0. The number of benzene rings is 12. The van der Waals surface area contributed by atoms with Crippen LogP contribution < -0.4 is 14.4 Å². The number of hydrogen-bond acceptors (Lipinski definition) is 3. The van der Waals surface area contributed by atoms with Crippen LogP contribution in [-0.2, 0) is 10.8 Å². The molecule has 0 N–H and O–H groups in total. The summed E-state index contributed by atoms with van der Waals surface area (Å²) in [5, 5.41) is 2.40. The fraction of sp³-hybridized carbons (Fsp3) is 0.0278. The van der Waals surface area contributed by atoms with Crippen LogP contribution in [0.25, 0.3) is 55.3 Å². The van der Waals surface area contributed by atoms with Gasteiger partial charge in [0.2, 0.25) is 0 Å². The lowest BCUT2D eigenvalue weighted by Gasteiger charge is -2.40. The highest BCUT2D eigenvalue weighted by atomic mass is 16.5. The lowest BCUT2D eigenvalue weighted by molar-refractivity contribution is 0.436. The van der Waals surface area contributed by atoms with Crippen molar-refractivity contribution >= 4 is 27.8 Å². The van der Waals surface area contributed by atoms with E-state index in [9.17, 15) is 0 Å². The van der Waals surface area contributed by atoms with Gasteiger partial charge in [0, 0.05) is 39.2 Å². The molecular formula is C72H45NO2. The SMILES string of the molecule is c1ccc(-c2ccc(-c3ccc(N(c4ccc5c(c4)C4(c6ccccc6Oc6ccccc64)c4ccccc4-5)c4cccc5c4-c4cc6ccccc6cc4C54c5ccccc5Oc5ccccc54)cc3)cc2)cc1. The minimum Gasteiger partial charge on any atom is -0.457 e. The lowest BCUT2D eigenvalue weighted by Crippen LogP contribution is -2.32. The molecule has 2 aliphatic heterocycles. The second-order valence-corrected chi connectivity index (χ2v) is 20.2. The molecule has 2 aliphatic carbocycles. The Morgan fingerprint density at radius 3 is 1.25 bits per heavy atom. The van der Waals surface area contributed by atoms with Crippen LogP contribution in [0.3, 0.4) is 0 Å². The fourth-order valence-corrected chi connectivity index (χ4v) is 13.5. The largest absolute Gasteiger partial charge is 0.457 e. The molecule has 0 amide bonds. The molecule has 16 rings (SSSR count). The molecule has 12 aromatic carbocycles. The summed E-state index contributed by atoms with van der Waals surface area (Å²) in [6.07, 6.45) is 0. The molecule has 0 unspecified atom stereocenters. The molecule has 0 aromatic heterocycles. The fourth-order valence-electron chi connectivity index (χ4n) is 13.5. The zero-order chi connectivity index (χ0) is 49.2. The van der Waals surface area contributed by atoms with E-state index in [0.29, 0.717) is 0 Å². The number of fused-ring (bicyclic) bond motifs is 19. The molecular weight excluding hydrogens is 911 g/mol. The van der Waals surface area contributed by atoms with Crippen LogP contribution in [0.5, 0.6) is 23.0 Å². The van der Waals surface area contributed by atoms with Crippen LogP contribution in [0.15, 0.2) is 273 Å². The summed E-state index contributed by atoms with van der Waals surface area (Å²) in [4.78, 5) is 2.52. The zero-order valence-corrected chi connectivity index (χ0v) is 40.7. The molecule has 12 aromatic rings. The third kappa shape index (κ3) is 5.81. The third-order valence-electron chi connectivity index (χ3n) is 16.6. The van der Waals surface area contributed by atoms with Crippen molar-refractivity contribution in [3.8, 4) is 67.5 Å². The molecule has 0 radical (unpaired) electrons. The van der Waals surface area contributed by atoms with E-state index in [4.69, 9.17) is 9.47 Å². The Morgan fingerprint density at radius 1 is 0.253 bits per heavy atom. The summed E-state index contributed by atoms with van der Waals surface area (Å²) < 4.78 is 13.6. The summed E-state index contributed by atoms with van der Waals surface area (Å²) in [7, 11) is 0. The van der Waals surface area contributed by atoms with Crippen molar-refractivity contribution < 1.29 is 9.47 Å². The average Bonchev–Trinajstić information content (AvgIpc) is 4.13. The van der Waals surface area contributed by atoms with E-state index in [1.54, 1.807) is 0 Å². The first-order valence-electron chi connectivity index (χ1n) is 25.9. The smallest absolute Gasteiger partial charge is 0.132 e. The van der Waals surface area contributed by atoms with Crippen LogP contribution >= 0.6 is 0 Å². The number of rotatable bonds is 5. The van der Waals surface area contributed by atoms with Crippen molar-refractivity contribution in [2.24, 2.45) is 0 Å². The van der Waals surface area contributed by atoms with Crippen LogP contribution in [0, 0.1) is 0 Å². The molecule has 0 fully saturated rings. The van der Waals surface area contributed by atoms with E-state index >= 15 is 0 Å². The summed E-state index contributed by atoms with van der Waals surface area (Å²) in [6.45, 7) is 0. The molecule has 2 heterocycles. The minimum absolute atomic E-state index is 0.640. The van der Waals surface area contributed by atoms with Crippen molar-refractivity contribution in [1.29, 1.82) is 0 Å². The van der Waals surface area contributed by atoms with Gasteiger partial charge in [0.25, 0.3) is 0 Å². The Morgan fingerprint density at radius 2 is 0.667 bits per heavy atom. The van der Waals surface area contributed by atoms with Crippen molar-refractivity contribution in [2.75, 3.05) is 4.90 Å². The van der Waals surface area contributed by atoms with Gasteiger partial charge in [0.05, 0.1) is 16.5 Å². The van der Waals surface area contributed by atoms with E-state index in [-0.39, 0.29) is 0 Å². The zero-order valence-electron chi connectivity index (χ0n) is 40.7. The topological polar surface area (TPSA) is 21.7 Å². The third-order valence-corrected chi connectivity index (χ3v) is 16.6. The maximum absolute atomic E-state index is 6.83. The Balaban J connectivity index is 0.970. The molecule has 3 heteroatoms. The number of para-hydroxylation sites is 4. The molecule has 4 aliphatic rings. The summed E-state index contributed by atoms with van der Waals surface area (Å²) in [6, 6.07) is 100. The van der Waals surface area contributed by atoms with E-state index < -0.39 is 10.8 Å². The number of anilines is 3. The van der Waals surface area contributed by atoms with Gasteiger partial charge in [-0.3, -0.25) is 0 Å². The van der Waals surface area contributed by atoms with Gasteiger partial charge in [0.1, 0.15) is 23.0 Å². The Bertz CT molecular complexity index is 4220. The Kier molecular flexibility index (Phi) is 8.88. The van der Waals surface area contributed by atoms with E-state index in [1.165, 1.54) is 72.0 Å². The highest BCUT2D eigenvalue weighted by Crippen LogP contribution is 2.66. The standard InChI is InChI=1S/C72H45NO2/c1-2-17-46(18-3-1)47-33-35-48(36-34-47)49-37-39-52(40-38-49)73(53-41-42-55-54-21-6-7-22-57(54)71(64(55)45-53)58-23-8-12-29-66(58)74-67-30-13-9-24-59(67)71)65-28-16-27-62-70(65)56-43-50-19-4-5-20-51(50)44-63(56)72(62)60-25-10-14-31-68(60)75-69-32-15-11-26-61(69)72/h1-45H. The van der Waals surface area contributed by atoms with Crippen molar-refractivity contribution in [1.82, 2.24) is 0 Å². The van der Waals surface area contributed by atoms with Crippen LogP contribution in [0.2, 0.25) is 0 Å². The first-order chi connectivity index (χ1) is 37.2. The quantitative estimate of drug-likeness (QED) is 0.172. The van der Waals surface area contributed by atoms with Gasteiger partial charge < -0.3 is 14.4 Å². The van der Waals surface area contributed by atoms with Crippen molar-refractivity contribution in [2.45, 2.75) is 10.8 Å². The van der Waals surface area contributed by atoms with E-state index in [0.717, 1.165) is 67.9 Å². The molecule has 0 saturated carbocycles. The molecule has 0 atom stereocenters. The molecule has 3 nitrogen and oxygen atoms in total. The summed E-state index contributed by atoms with van der Waals surface area (Å²) in [5.41, 5.74) is 21.0. The second kappa shape index (κ2) is 15.9. The normalized spacial score (nSPS) is 14.0. The Hall–Kier alpha value is -9.70. The monoisotopic (exact) mass is 955 g/mol. The van der Waals surface area contributed by atoms with Gasteiger partial charge in [-0.05, 0) is 139 Å². The first kappa shape index (κ1) is 41.9. The molecule has 0 bridgehead atoms. The van der Waals surface area contributed by atoms with Crippen LogP contribution in [-0.4, -0.2) is 0 Å². The Labute approximate surface area is 435 Å². The molecule has 0 saturated heterocycles. The minimum atomic E-state index is -0.670. The van der Waals surface area contributed by atoms with Gasteiger partial charge in [-0.25, -0.2) is 0 Å². The lowest BCUT2D eigenvalue weighted by atomic mass is 9.66. The van der Waals surface area contributed by atoms with Crippen molar-refractivity contribution in [3.63, 3.8) is 0 Å². The maximum Gasteiger partial charge on any atom is 0.132 e. The van der Waals surface area contributed by atoms with Gasteiger partial charge in [-0.15, -0.1) is 0 Å². The maximum atomic E-state index is 6.83. The highest BCUT2D eigenvalue weighted by Gasteiger charge is 2.54. The van der Waals surface area contributed by atoms with Gasteiger partial charge in [0.15, 0.2) is 0 Å². The number of ether oxygens (including phenoxy) is 2.